The van der Waals surface area contributed by atoms with Gasteiger partial charge in [-0.1, -0.05) is 6.92 Å². The van der Waals surface area contributed by atoms with Gasteiger partial charge in [-0.3, -0.25) is 20.4 Å². The van der Waals surface area contributed by atoms with Crippen LogP contribution in [0.1, 0.15) is 43.2 Å². The number of hydrogen-bond donors (Lipinski definition) is 2. The lowest BCUT2D eigenvalue weighted by atomic mass is 9.90. The number of carbonyl (C=O) groups excluding carboxylic acids is 2. The second-order valence-corrected chi connectivity index (χ2v) is 8.59. The van der Waals surface area contributed by atoms with Crippen LogP contribution in [-0.2, 0) is 17.6 Å². The molecule has 3 rings (SSSR count). The molecule has 1 aliphatic rings. The van der Waals surface area contributed by atoms with Crippen molar-refractivity contribution in [2.24, 2.45) is 5.92 Å². The molecule has 0 aliphatic heterocycles. The lowest BCUT2D eigenvalue weighted by Crippen LogP contribution is -2.40. The Morgan fingerprint density at radius 3 is 2.83 bits per heavy atom. The summed E-state index contributed by atoms with van der Waals surface area (Å²) in [5, 5.41) is 0. The van der Waals surface area contributed by atoms with Gasteiger partial charge in [0.15, 0.2) is 0 Å². The summed E-state index contributed by atoms with van der Waals surface area (Å²) in [4.78, 5) is 28.1. The molecule has 0 saturated heterocycles. The van der Waals surface area contributed by atoms with Gasteiger partial charge in [-0.25, -0.2) is 0 Å². The van der Waals surface area contributed by atoms with Gasteiger partial charge in [0, 0.05) is 20.7 Å². The Labute approximate surface area is 149 Å². The van der Waals surface area contributed by atoms with Crippen molar-refractivity contribution >= 4 is 40.6 Å². The first-order valence-electron chi connectivity index (χ1n) is 7.97. The van der Waals surface area contributed by atoms with Gasteiger partial charge in [0.25, 0.3) is 11.8 Å². The van der Waals surface area contributed by atoms with E-state index in [1.807, 2.05) is 25.1 Å². The van der Waals surface area contributed by atoms with E-state index in [0.717, 1.165) is 17.7 Å². The molecule has 2 heterocycles. The van der Waals surface area contributed by atoms with Gasteiger partial charge in [0.05, 0.1) is 4.88 Å². The maximum Gasteiger partial charge on any atom is 0.279 e. The van der Waals surface area contributed by atoms with Gasteiger partial charge in [-0.05, 0) is 61.9 Å². The van der Waals surface area contributed by atoms with Gasteiger partial charge >= 0.3 is 0 Å². The molecule has 2 aromatic rings. The molecule has 0 spiro atoms. The van der Waals surface area contributed by atoms with Crippen molar-refractivity contribution < 1.29 is 9.59 Å². The van der Waals surface area contributed by atoms with Crippen molar-refractivity contribution in [1.29, 1.82) is 0 Å². The maximum absolute atomic E-state index is 12.2. The third-order valence-electron chi connectivity index (χ3n) is 4.01. The molecule has 0 radical (unpaired) electrons. The summed E-state index contributed by atoms with van der Waals surface area (Å²) in [6, 6.07) is 5.92. The van der Waals surface area contributed by atoms with Gasteiger partial charge < -0.3 is 0 Å². The summed E-state index contributed by atoms with van der Waals surface area (Å²) in [6.07, 6.45) is 6.42. The SMILES string of the molecule is Cc1ccc(/C=C/C(=O)NNC(=O)c2cc3c(s2)CC[C@H](C)C3)s1. The van der Waals surface area contributed by atoms with Crippen LogP contribution in [0.5, 0.6) is 0 Å². The van der Waals surface area contributed by atoms with Crippen LogP contribution in [0.4, 0.5) is 0 Å². The van der Waals surface area contributed by atoms with Gasteiger partial charge in [0.2, 0.25) is 0 Å². The number of fused-ring (bicyclic) bond motifs is 1. The average Bonchev–Trinajstić information content (AvgIpc) is 3.16. The zero-order valence-corrected chi connectivity index (χ0v) is 15.4. The number of carbonyl (C=O) groups is 2. The van der Waals surface area contributed by atoms with Crippen molar-refractivity contribution in [3.63, 3.8) is 0 Å². The molecule has 2 N–H and O–H groups in total. The van der Waals surface area contributed by atoms with Crippen molar-refractivity contribution in [3.8, 4) is 0 Å². The molecule has 126 valence electrons. The number of thiophene rings is 2. The monoisotopic (exact) mass is 360 g/mol. The van der Waals surface area contributed by atoms with Gasteiger partial charge in [0.1, 0.15) is 0 Å². The van der Waals surface area contributed by atoms with E-state index in [9.17, 15) is 9.59 Å². The lowest BCUT2D eigenvalue weighted by molar-refractivity contribution is -0.117. The Hall–Kier alpha value is -1.92. The molecule has 4 nitrogen and oxygen atoms in total. The zero-order chi connectivity index (χ0) is 17.1. The summed E-state index contributed by atoms with van der Waals surface area (Å²) in [5.74, 6) is 0.0776. The van der Waals surface area contributed by atoms with Gasteiger partial charge in [-0.2, -0.15) is 0 Å². The van der Waals surface area contributed by atoms with Crippen LogP contribution in [0.25, 0.3) is 6.08 Å². The third-order valence-corrected chi connectivity index (χ3v) is 6.21. The quantitative estimate of drug-likeness (QED) is 0.647. The number of hydrogen-bond acceptors (Lipinski definition) is 4. The summed E-state index contributed by atoms with van der Waals surface area (Å²) in [7, 11) is 0. The summed E-state index contributed by atoms with van der Waals surface area (Å²) in [6.45, 7) is 4.26. The molecule has 24 heavy (non-hydrogen) atoms. The molecule has 0 aromatic carbocycles. The first-order valence-corrected chi connectivity index (χ1v) is 9.61. The lowest BCUT2D eigenvalue weighted by Gasteiger charge is -2.16. The van der Waals surface area contributed by atoms with E-state index in [-0.39, 0.29) is 11.8 Å². The smallest absolute Gasteiger partial charge is 0.268 e. The number of amides is 2. The Morgan fingerprint density at radius 2 is 2.08 bits per heavy atom. The Balaban J connectivity index is 1.54. The summed E-state index contributed by atoms with van der Waals surface area (Å²) >= 11 is 3.14. The Bertz CT molecular complexity index is 789. The molecular weight excluding hydrogens is 340 g/mol. The van der Waals surface area contributed by atoms with Crippen molar-refractivity contribution in [2.75, 3.05) is 0 Å². The van der Waals surface area contributed by atoms with Crippen LogP contribution in [0.2, 0.25) is 0 Å². The molecule has 2 aromatic heterocycles. The molecule has 1 atom stereocenters. The zero-order valence-electron chi connectivity index (χ0n) is 13.7. The normalized spacial score (nSPS) is 16.8. The number of aryl methyl sites for hydroxylation is 2. The Morgan fingerprint density at radius 1 is 1.25 bits per heavy atom. The predicted molar refractivity (Wildman–Crippen MR) is 99.2 cm³/mol. The van der Waals surface area contributed by atoms with Gasteiger partial charge in [-0.15, -0.1) is 22.7 Å². The number of hydrazine groups is 1. The highest BCUT2D eigenvalue weighted by molar-refractivity contribution is 7.14. The highest BCUT2D eigenvalue weighted by atomic mass is 32.1. The molecule has 6 heteroatoms. The minimum Gasteiger partial charge on any atom is -0.268 e. The molecule has 0 bridgehead atoms. The minimum atomic E-state index is -0.343. The van der Waals surface area contributed by atoms with E-state index >= 15 is 0 Å². The maximum atomic E-state index is 12.2. The Kier molecular flexibility index (Phi) is 5.16. The fourth-order valence-electron chi connectivity index (χ4n) is 2.74. The second-order valence-electron chi connectivity index (χ2n) is 6.13. The second kappa shape index (κ2) is 7.32. The van der Waals surface area contributed by atoms with Crippen molar-refractivity contribution in [2.45, 2.75) is 33.1 Å². The first-order chi connectivity index (χ1) is 11.5. The molecule has 1 aliphatic carbocycles. The summed E-state index contributed by atoms with van der Waals surface area (Å²) in [5.41, 5.74) is 6.20. The molecule has 0 fully saturated rings. The number of rotatable bonds is 3. The highest BCUT2D eigenvalue weighted by Gasteiger charge is 2.20. The molecule has 2 amide bonds. The van der Waals surface area contributed by atoms with Crippen molar-refractivity contribution in [3.05, 3.63) is 49.3 Å². The third kappa shape index (κ3) is 4.13. The predicted octanol–water partition coefficient (Wildman–Crippen LogP) is 3.72. The average molecular weight is 361 g/mol. The topological polar surface area (TPSA) is 58.2 Å². The van der Waals surface area contributed by atoms with Crippen LogP contribution < -0.4 is 10.9 Å². The van der Waals surface area contributed by atoms with Crippen LogP contribution in [0, 0.1) is 12.8 Å². The van der Waals surface area contributed by atoms with E-state index in [0.29, 0.717) is 10.8 Å². The van der Waals surface area contributed by atoms with Crippen LogP contribution in [-0.4, -0.2) is 11.8 Å². The molecule has 0 unspecified atom stereocenters. The molecule has 0 saturated carbocycles. The number of nitrogens with one attached hydrogen (secondary N) is 2. The van der Waals surface area contributed by atoms with E-state index in [4.69, 9.17) is 0 Å². The van der Waals surface area contributed by atoms with Crippen molar-refractivity contribution in [1.82, 2.24) is 10.9 Å². The largest absolute Gasteiger partial charge is 0.279 e. The highest BCUT2D eigenvalue weighted by Crippen LogP contribution is 2.32. The van der Waals surface area contributed by atoms with Crippen LogP contribution >= 0.6 is 22.7 Å². The first kappa shape index (κ1) is 16.9. The van der Waals surface area contributed by atoms with E-state index in [2.05, 4.69) is 17.8 Å². The fourth-order valence-corrected chi connectivity index (χ4v) is 4.62. The molecular formula is C18H20N2O2S2. The van der Waals surface area contributed by atoms with E-state index in [1.165, 1.54) is 39.2 Å². The standard InChI is InChI=1S/C18H20N2O2S2/c1-11-3-7-15-13(9-11)10-16(24-15)18(22)20-19-17(21)8-6-14-5-4-12(2)23-14/h4-6,8,10-11H,3,7,9H2,1-2H3,(H,19,21)(H,20,22)/b8-6+/t11-/m0/s1. The van der Waals surface area contributed by atoms with Crippen LogP contribution in [0.3, 0.4) is 0 Å². The minimum absolute atomic E-state index is 0.254. The van der Waals surface area contributed by atoms with E-state index in [1.54, 1.807) is 17.4 Å². The fraction of sp³-hybridized carbons (Fsp3) is 0.333. The van der Waals surface area contributed by atoms with E-state index < -0.39 is 0 Å². The summed E-state index contributed by atoms with van der Waals surface area (Å²) < 4.78 is 0. The van der Waals surface area contributed by atoms with Crippen LogP contribution in [0.15, 0.2) is 24.3 Å².